The van der Waals surface area contributed by atoms with Crippen LogP contribution in [0.5, 0.6) is 5.75 Å². The third-order valence-electron chi connectivity index (χ3n) is 2.83. The molecule has 20 heavy (non-hydrogen) atoms. The van der Waals surface area contributed by atoms with E-state index in [4.69, 9.17) is 10.5 Å². The number of Topliss-reactive ketones (excluding diaryl/α,β-unsaturated/α-hetero) is 1. The van der Waals surface area contributed by atoms with E-state index in [1.165, 1.54) is 0 Å². The second-order valence-corrected chi connectivity index (χ2v) is 6.41. The van der Waals surface area contributed by atoms with Gasteiger partial charge in [0.2, 0.25) is 0 Å². The molecule has 112 valence electrons. The van der Waals surface area contributed by atoms with Gasteiger partial charge >= 0.3 is 0 Å². The molecule has 4 heteroatoms. The van der Waals surface area contributed by atoms with Crippen molar-refractivity contribution in [2.75, 3.05) is 6.61 Å². The standard InChI is InChI=1S/C16H26N2O2/c1-5-6-20-14-7-12(10-18-11-14)15(19)8-13(17)9-16(2,3)4/h7,10-11,13H,5-6,8-9,17H2,1-4H3. The van der Waals surface area contributed by atoms with Crippen LogP contribution in [0.3, 0.4) is 0 Å². The summed E-state index contributed by atoms with van der Waals surface area (Å²) in [5, 5.41) is 0. The van der Waals surface area contributed by atoms with Gasteiger partial charge in [0.05, 0.1) is 12.8 Å². The van der Waals surface area contributed by atoms with Crippen LogP contribution in [0.4, 0.5) is 0 Å². The molecular formula is C16H26N2O2. The van der Waals surface area contributed by atoms with Crippen molar-refractivity contribution in [1.29, 1.82) is 0 Å². The van der Waals surface area contributed by atoms with Crippen LogP contribution in [0.1, 0.15) is 57.3 Å². The molecule has 0 aliphatic heterocycles. The van der Waals surface area contributed by atoms with Gasteiger partial charge in [0, 0.05) is 24.2 Å². The van der Waals surface area contributed by atoms with Crippen LogP contribution < -0.4 is 10.5 Å². The number of rotatable bonds is 7. The zero-order valence-electron chi connectivity index (χ0n) is 13.0. The van der Waals surface area contributed by atoms with E-state index in [1.54, 1.807) is 18.5 Å². The number of ether oxygens (including phenoxy) is 1. The number of carbonyl (C=O) groups is 1. The summed E-state index contributed by atoms with van der Waals surface area (Å²) in [6.45, 7) is 9.03. The van der Waals surface area contributed by atoms with Gasteiger partial charge < -0.3 is 10.5 Å². The predicted molar refractivity (Wildman–Crippen MR) is 81.0 cm³/mol. The lowest BCUT2D eigenvalue weighted by Crippen LogP contribution is -2.29. The number of pyridine rings is 1. The van der Waals surface area contributed by atoms with E-state index in [9.17, 15) is 4.79 Å². The fourth-order valence-corrected chi connectivity index (χ4v) is 2.08. The quantitative estimate of drug-likeness (QED) is 0.778. The molecule has 1 rings (SSSR count). The van der Waals surface area contributed by atoms with E-state index in [2.05, 4.69) is 25.8 Å². The summed E-state index contributed by atoms with van der Waals surface area (Å²) in [6, 6.07) is 1.62. The van der Waals surface area contributed by atoms with E-state index in [0.717, 1.165) is 12.8 Å². The molecule has 1 unspecified atom stereocenters. The van der Waals surface area contributed by atoms with Gasteiger partial charge in [-0.15, -0.1) is 0 Å². The van der Waals surface area contributed by atoms with Gasteiger partial charge in [-0.1, -0.05) is 27.7 Å². The highest BCUT2D eigenvalue weighted by atomic mass is 16.5. The molecule has 0 radical (unpaired) electrons. The fourth-order valence-electron chi connectivity index (χ4n) is 2.08. The van der Waals surface area contributed by atoms with Crippen molar-refractivity contribution in [2.24, 2.45) is 11.1 Å². The third-order valence-corrected chi connectivity index (χ3v) is 2.83. The number of carbonyl (C=O) groups excluding carboxylic acids is 1. The Hall–Kier alpha value is -1.42. The van der Waals surface area contributed by atoms with Gasteiger partial charge in [-0.3, -0.25) is 9.78 Å². The van der Waals surface area contributed by atoms with Gasteiger partial charge in [-0.2, -0.15) is 0 Å². The van der Waals surface area contributed by atoms with Gasteiger partial charge in [-0.05, 0) is 24.3 Å². The van der Waals surface area contributed by atoms with Crippen LogP contribution in [-0.4, -0.2) is 23.4 Å². The van der Waals surface area contributed by atoms with Crippen LogP contribution in [0.25, 0.3) is 0 Å². The van der Waals surface area contributed by atoms with Crippen LogP contribution >= 0.6 is 0 Å². The highest BCUT2D eigenvalue weighted by Gasteiger charge is 2.19. The first-order valence-corrected chi connectivity index (χ1v) is 7.18. The molecular weight excluding hydrogens is 252 g/mol. The SMILES string of the molecule is CCCOc1cncc(C(=O)CC(N)CC(C)(C)C)c1. The molecule has 0 aliphatic rings. The first-order chi connectivity index (χ1) is 9.31. The van der Waals surface area contributed by atoms with Crippen LogP contribution in [0.2, 0.25) is 0 Å². The maximum absolute atomic E-state index is 12.2. The zero-order chi connectivity index (χ0) is 15.2. The maximum atomic E-state index is 12.2. The number of nitrogens with two attached hydrogens (primary N) is 1. The maximum Gasteiger partial charge on any atom is 0.166 e. The molecule has 1 aromatic rings. The van der Waals surface area contributed by atoms with Gasteiger partial charge in [0.1, 0.15) is 5.75 Å². The summed E-state index contributed by atoms with van der Waals surface area (Å²) in [5.74, 6) is 0.665. The molecule has 2 N–H and O–H groups in total. The Balaban J connectivity index is 2.63. The van der Waals surface area contributed by atoms with Crippen LogP contribution in [-0.2, 0) is 0 Å². The highest BCUT2D eigenvalue weighted by Crippen LogP contribution is 2.22. The number of nitrogens with zero attached hydrogens (tertiary/aromatic N) is 1. The monoisotopic (exact) mass is 278 g/mol. The summed E-state index contributed by atoms with van der Waals surface area (Å²) in [5.41, 5.74) is 6.75. The molecule has 1 aromatic heterocycles. The summed E-state index contributed by atoms with van der Waals surface area (Å²) in [7, 11) is 0. The van der Waals surface area contributed by atoms with Crippen molar-refractivity contribution in [1.82, 2.24) is 4.98 Å². The van der Waals surface area contributed by atoms with Crippen molar-refractivity contribution in [2.45, 2.75) is 53.0 Å². The lowest BCUT2D eigenvalue weighted by molar-refractivity contribution is 0.0967. The molecule has 0 bridgehead atoms. The van der Waals surface area contributed by atoms with E-state index in [-0.39, 0.29) is 17.2 Å². The number of hydrogen-bond donors (Lipinski definition) is 1. The van der Waals surface area contributed by atoms with Crippen molar-refractivity contribution in [3.63, 3.8) is 0 Å². The number of ketones is 1. The molecule has 4 nitrogen and oxygen atoms in total. The lowest BCUT2D eigenvalue weighted by atomic mass is 9.86. The second-order valence-electron chi connectivity index (χ2n) is 6.41. The lowest BCUT2D eigenvalue weighted by Gasteiger charge is -2.22. The Kier molecular flexibility index (Phi) is 6.14. The first kappa shape index (κ1) is 16.6. The molecule has 0 saturated carbocycles. The van der Waals surface area contributed by atoms with Crippen LogP contribution in [0, 0.1) is 5.41 Å². The predicted octanol–water partition coefficient (Wildman–Crippen LogP) is 3.21. The Bertz CT molecular complexity index is 438. The molecule has 0 amide bonds. The Morgan fingerprint density at radius 2 is 2.10 bits per heavy atom. The van der Waals surface area contributed by atoms with Crippen molar-refractivity contribution in [3.8, 4) is 5.75 Å². The Morgan fingerprint density at radius 1 is 1.40 bits per heavy atom. The van der Waals surface area contributed by atoms with Gasteiger partial charge in [0.25, 0.3) is 0 Å². The van der Waals surface area contributed by atoms with Crippen molar-refractivity contribution < 1.29 is 9.53 Å². The smallest absolute Gasteiger partial charge is 0.166 e. The first-order valence-electron chi connectivity index (χ1n) is 7.18. The van der Waals surface area contributed by atoms with Gasteiger partial charge in [0.15, 0.2) is 5.78 Å². The van der Waals surface area contributed by atoms with Crippen molar-refractivity contribution in [3.05, 3.63) is 24.0 Å². The Labute approximate surface area is 121 Å². The molecule has 0 saturated heterocycles. The molecule has 0 aromatic carbocycles. The van der Waals surface area contributed by atoms with Crippen LogP contribution in [0.15, 0.2) is 18.5 Å². The fraction of sp³-hybridized carbons (Fsp3) is 0.625. The van der Waals surface area contributed by atoms with E-state index in [0.29, 0.717) is 24.3 Å². The largest absolute Gasteiger partial charge is 0.492 e. The van der Waals surface area contributed by atoms with Crippen molar-refractivity contribution >= 4 is 5.78 Å². The molecule has 0 spiro atoms. The van der Waals surface area contributed by atoms with E-state index in [1.807, 2.05) is 6.92 Å². The second kappa shape index (κ2) is 7.39. The summed E-state index contributed by atoms with van der Waals surface area (Å²) >= 11 is 0. The van der Waals surface area contributed by atoms with Gasteiger partial charge in [-0.25, -0.2) is 0 Å². The third kappa shape index (κ3) is 6.15. The average Bonchev–Trinajstić information content (AvgIpc) is 2.34. The summed E-state index contributed by atoms with van der Waals surface area (Å²) in [6.07, 6.45) is 5.29. The zero-order valence-corrected chi connectivity index (χ0v) is 13.0. The van der Waals surface area contributed by atoms with E-state index < -0.39 is 0 Å². The van der Waals surface area contributed by atoms with E-state index >= 15 is 0 Å². The molecule has 1 atom stereocenters. The molecule has 0 fully saturated rings. The summed E-state index contributed by atoms with van der Waals surface area (Å²) in [4.78, 5) is 16.2. The number of aromatic nitrogens is 1. The molecule has 0 aliphatic carbocycles. The minimum absolute atomic E-state index is 0.0243. The normalized spacial score (nSPS) is 13.1. The number of hydrogen-bond acceptors (Lipinski definition) is 4. The molecule has 1 heterocycles. The summed E-state index contributed by atoms with van der Waals surface area (Å²) < 4.78 is 5.49. The topological polar surface area (TPSA) is 65.2 Å². The minimum Gasteiger partial charge on any atom is -0.492 e. The minimum atomic E-state index is -0.122. The average molecular weight is 278 g/mol. The Morgan fingerprint density at radius 3 is 2.70 bits per heavy atom. The highest BCUT2D eigenvalue weighted by molar-refractivity contribution is 5.96.